The Kier molecular flexibility index (Phi) is 8.90. The molecule has 2 saturated carbocycles. The Labute approximate surface area is 171 Å². The topological polar surface area (TPSA) is 60.0 Å². The molecule has 0 radical (unpaired) electrons. The Bertz CT molecular complexity index is 491. The third-order valence-electron chi connectivity index (χ3n) is 6.72. The van der Waals surface area contributed by atoms with Crippen molar-refractivity contribution >= 4 is 11.9 Å². The minimum absolute atomic E-state index is 0.334. The Morgan fingerprint density at radius 1 is 1.00 bits per heavy atom. The molecule has 1 heterocycles. The van der Waals surface area contributed by atoms with Crippen LogP contribution in [-0.2, 0) is 4.79 Å². The van der Waals surface area contributed by atoms with Gasteiger partial charge in [-0.1, -0.05) is 32.1 Å². The van der Waals surface area contributed by atoms with Crippen molar-refractivity contribution in [1.29, 1.82) is 0 Å². The molecule has 0 atom stereocenters. The van der Waals surface area contributed by atoms with Crippen LogP contribution in [0.3, 0.4) is 0 Å². The van der Waals surface area contributed by atoms with Crippen molar-refractivity contribution in [3.05, 3.63) is 0 Å². The molecule has 0 spiro atoms. The van der Waals surface area contributed by atoms with Crippen LogP contribution in [0.2, 0.25) is 0 Å². The summed E-state index contributed by atoms with van der Waals surface area (Å²) in [5, 5.41) is 6.85. The minimum atomic E-state index is 0.334. The summed E-state index contributed by atoms with van der Waals surface area (Å²) >= 11 is 0. The lowest BCUT2D eigenvalue weighted by Crippen LogP contribution is -2.52. The van der Waals surface area contributed by atoms with Gasteiger partial charge in [-0.2, -0.15) is 0 Å². The van der Waals surface area contributed by atoms with Gasteiger partial charge in [0.15, 0.2) is 5.96 Å². The predicted octanol–water partition coefficient (Wildman–Crippen LogP) is 2.46. The van der Waals surface area contributed by atoms with Gasteiger partial charge < -0.3 is 15.5 Å². The van der Waals surface area contributed by atoms with E-state index in [0.717, 1.165) is 77.1 Å². The van der Waals surface area contributed by atoms with E-state index in [1.54, 1.807) is 0 Å². The molecule has 3 rings (SSSR count). The first-order chi connectivity index (χ1) is 13.8. The highest BCUT2D eigenvalue weighted by Crippen LogP contribution is 2.29. The highest BCUT2D eigenvalue weighted by molar-refractivity contribution is 5.80. The third-order valence-corrected chi connectivity index (χ3v) is 6.72. The van der Waals surface area contributed by atoms with Crippen LogP contribution in [0.5, 0.6) is 0 Å². The fourth-order valence-electron chi connectivity index (χ4n) is 4.65. The molecule has 0 unspecified atom stereocenters. The van der Waals surface area contributed by atoms with Crippen molar-refractivity contribution in [2.75, 3.05) is 52.4 Å². The van der Waals surface area contributed by atoms with Crippen molar-refractivity contribution in [1.82, 2.24) is 20.4 Å². The molecule has 6 heteroatoms. The van der Waals surface area contributed by atoms with Crippen molar-refractivity contribution in [2.24, 2.45) is 16.8 Å². The first kappa shape index (κ1) is 21.4. The third kappa shape index (κ3) is 6.64. The molecule has 2 N–H and O–H groups in total. The van der Waals surface area contributed by atoms with Gasteiger partial charge in [0.1, 0.15) is 0 Å². The van der Waals surface area contributed by atoms with Gasteiger partial charge >= 0.3 is 0 Å². The van der Waals surface area contributed by atoms with Crippen LogP contribution >= 0.6 is 0 Å². The summed E-state index contributed by atoms with van der Waals surface area (Å²) < 4.78 is 0. The molecule has 0 aromatic heterocycles. The smallest absolute Gasteiger partial charge is 0.225 e. The number of carbonyl (C=O) groups excluding carboxylic acids is 1. The van der Waals surface area contributed by atoms with E-state index in [2.05, 4.69) is 27.4 Å². The minimum Gasteiger partial charge on any atom is -0.357 e. The summed E-state index contributed by atoms with van der Waals surface area (Å²) in [4.78, 5) is 21.6. The highest BCUT2D eigenvalue weighted by atomic mass is 16.2. The Morgan fingerprint density at radius 2 is 1.75 bits per heavy atom. The fraction of sp³-hybridized carbons (Fsp3) is 0.909. The first-order valence-electron chi connectivity index (χ1n) is 11.8. The summed E-state index contributed by atoms with van der Waals surface area (Å²) in [7, 11) is 0. The number of rotatable bonds is 9. The van der Waals surface area contributed by atoms with Crippen LogP contribution in [0.15, 0.2) is 4.99 Å². The lowest BCUT2D eigenvalue weighted by Gasteiger charge is -2.38. The van der Waals surface area contributed by atoms with Gasteiger partial charge in [0, 0.05) is 58.3 Å². The Morgan fingerprint density at radius 3 is 2.39 bits per heavy atom. The van der Waals surface area contributed by atoms with Gasteiger partial charge in [-0.25, -0.2) is 0 Å². The van der Waals surface area contributed by atoms with E-state index in [1.165, 1.54) is 44.9 Å². The molecule has 2 aliphatic carbocycles. The van der Waals surface area contributed by atoms with Crippen LogP contribution in [-0.4, -0.2) is 74.0 Å². The van der Waals surface area contributed by atoms with Gasteiger partial charge in [-0.15, -0.1) is 0 Å². The number of amides is 1. The standard InChI is InChI=1S/C22H41N5O/c1-2-23-22(24-12-6-9-19-7-3-4-8-19)25-13-14-26-15-17-27(18-16-26)21(28)20-10-5-11-20/h19-20H,2-18H2,1H3,(H2,23,24,25). The maximum Gasteiger partial charge on any atom is 0.225 e. The van der Waals surface area contributed by atoms with E-state index in [-0.39, 0.29) is 0 Å². The molecule has 3 fully saturated rings. The van der Waals surface area contributed by atoms with Crippen molar-refractivity contribution in [3.63, 3.8) is 0 Å². The summed E-state index contributed by atoms with van der Waals surface area (Å²) in [5.41, 5.74) is 0. The summed E-state index contributed by atoms with van der Waals surface area (Å²) in [5.74, 6) is 2.65. The highest BCUT2D eigenvalue weighted by Gasteiger charge is 2.30. The van der Waals surface area contributed by atoms with Crippen LogP contribution in [0.1, 0.15) is 64.7 Å². The summed E-state index contributed by atoms with van der Waals surface area (Å²) in [6.45, 7) is 9.64. The number of nitrogens with zero attached hydrogens (tertiary/aromatic N) is 3. The molecule has 1 aliphatic heterocycles. The molecule has 28 heavy (non-hydrogen) atoms. The average molecular weight is 392 g/mol. The Balaban J connectivity index is 1.28. The molecule has 1 saturated heterocycles. The zero-order valence-electron chi connectivity index (χ0n) is 17.9. The van der Waals surface area contributed by atoms with Crippen molar-refractivity contribution in [2.45, 2.75) is 64.7 Å². The van der Waals surface area contributed by atoms with Gasteiger partial charge in [0.25, 0.3) is 0 Å². The van der Waals surface area contributed by atoms with E-state index in [0.29, 0.717) is 11.8 Å². The number of guanidine groups is 1. The number of aliphatic imine (C=N–C) groups is 1. The molecular formula is C22H41N5O. The maximum atomic E-state index is 12.3. The van der Waals surface area contributed by atoms with Gasteiger partial charge in [0.05, 0.1) is 0 Å². The molecule has 0 aromatic rings. The molecule has 0 aromatic carbocycles. The summed E-state index contributed by atoms with van der Waals surface area (Å²) in [6.07, 6.45) is 11.7. The van der Waals surface area contributed by atoms with Crippen LogP contribution in [0.4, 0.5) is 0 Å². The van der Waals surface area contributed by atoms with Crippen LogP contribution in [0, 0.1) is 11.8 Å². The molecular weight excluding hydrogens is 350 g/mol. The SMILES string of the molecule is CCNC(=NCCCC1CCCC1)NCCN1CCN(C(=O)C2CCC2)CC1. The zero-order valence-corrected chi connectivity index (χ0v) is 17.9. The number of piperazine rings is 1. The lowest BCUT2D eigenvalue weighted by atomic mass is 9.84. The Hall–Kier alpha value is -1.30. The van der Waals surface area contributed by atoms with Gasteiger partial charge in [-0.3, -0.25) is 14.7 Å². The quantitative estimate of drug-likeness (QED) is 0.360. The molecule has 160 valence electrons. The molecule has 0 bridgehead atoms. The average Bonchev–Trinajstić information content (AvgIpc) is 3.18. The van der Waals surface area contributed by atoms with Crippen LogP contribution in [0.25, 0.3) is 0 Å². The second-order valence-corrected chi connectivity index (χ2v) is 8.77. The second kappa shape index (κ2) is 11.6. The number of hydrogen-bond donors (Lipinski definition) is 2. The van der Waals surface area contributed by atoms with Crippen molar-refractivity contribution < 1.29 is 4.79 Å². The van der Waals surface area contributed by atoms with Gasteiger partial charge in [-0.05, 0) is 38.5 Å². The van der Waals surface area contributed by atoms with Crippen molar-refractivity contribution in [3.8, 4) is 0 Å². The molecule has 3 aliphatic rings. The number of carbonyl (C=O) groups is 1. The van der Waals surface area contributed by atoms with Gasteiger partial charge in [0.2, 0.25) is 5.91 Å². The molecule has 6 nitrogen and oxygen atoms in total. The van der Waals surface area contributed by atoms with E-state index < -0.39 is 0 Å². The van der Waals surface area contributed by atoms with E-state index in [1.807, 2.05) is 0 Å². The zero-order chi connectivity index (χ0) is 19.6. The monoisotopic (exact) mass is 391 g/mol. The largest absolute Gasteiger partial charge is 0.357 e. The second-order valence-electron chi connectivity index (χ2n) is 8.77. The summed E-state index contributed by atoms with van der Waals surface area (Å²) in [6, 6.07) is 0. The molecule has 1 amide bonds. The van der Waals surface area contributed by atoms with Crippen LogP contribution < -0.4 is 10.6 Å². The normalized spacial score (nSPS) is 22.3. The number of nitrogens with one attached hydrogen (secondary N) is 2. The predicted molar refractivity (Wildman–Crippen MR) is 116 cm³/mol. The maximum absolute atomic E-state index is 12.3. The number of hydrogen-bond acceptors (Lipinski definition) is 3. The van der Waals surface area contributed by atoms with E-state index in [4.69, 9.17) is 4.99 Å². The van der Waals surface area contributed by atoms with E-state index >= 15 is 0 Å². The lowest BCUT2D eigenvalue weighted by molar-refractivity contribution is -0.139. The first-order valence-corrected chi connectivity index (χ1v) is 11.8. The van der Waals surface area contributed by atoms with E-state index in [9.17, 15) is 4.79 Å². The fourth-order valence-corrected chi connectivity index (χ4v) is 4.65.